The molecule has 0 bridgehead atoms. The SMILES string of the molecule is CCn1ncc(Br)c1C(NN)C(C)S(C)(=O)=O. The highest BCUT2D eigenvalue weighted by molar-refractivity contribution is 9.10. The number of halogens is 1. The zero-order valence-electron chi connectivity index (χ0n) is 10.0. The second-order valence-corrected chi connectivity index (χ2v) is 7.13. The van der Waals surface area contributed by atoms with E-state index in [-0.39, 0.29) is 0 Å². The van der Waals surface area contributed by atoms with E-state index in [1.54, 1.807) is 17.8 Å². The fraction of sp³-hybridized carbons (Fsp3) is 0.667. The minimum atomic E-state index is -3.19. The molecule has 0 aliphatic carbocycles. The first kappa shape index (κ1) is 14.6. The Kier molecular flexibility index (Phi) is 4.70. The first-order chi connectivity index (χ1) is 7.82. The third kappa shape index (κ3) is 3.06. The number of aromatic nitrogens is 2. The summed E-state index contributed by atoms with van der Waals surface area (Å²) in [5, 5.41) is 3.51. The smallest absolute Gasteiger partial charge is 0.152 e. The van der Waals surface area contributed by atoms with Gasteiger partial charge in [0.15, 0.2) is 9.84 Å². The molecule has 2 unspecified atom stereocenters. The van der Waals surface area contributed by atoms with Gasteiger partial charge in [0.2, 0.25) is 0 Å². The maximum Gasteiger partial charge on any atom is 0.152 e. The van der Waals surface area contributed by atoms with E-state index in [0.29, 0.717) is 6.54 Å². The number of aryl methyl sites for hydroxylation is 1. The van der Waals surface area contributed by atoms with Crippen LogP contribution in [0.15, 0.2) is 10.7 Å². The summed E-state index contributed by atoms with van der Waals surface area (Å²) < 4.78 is 25.7. The lowest BCUT2D eigenvalue weighted by Crippen LogP contribution is -2.40. The number of hydrogen-bond donors (Lipinski definition) is 2. The van der Waals surface area contributed by atoms with Crippen LogP contribution in [0, 0.1) is 0 Å². The van der Waals surface area contributed by atoms with Crippen LogP contribution >= 0.6 is 15.9 Å². The van der Waals surface area contributed by atoms with Gasteiger partial charge in [0.25, 0.3) is 0 Å². The molecule has 1 aromatic rings. The number of nitrogens with two attached hydrogens (primary N) is 1. The predicted octanol–water partition coefficient (Wildman–Crippen LogP) is 0.603. The van der Waals surface area contributed by atoms with Crippen molar-refractivity contribution in [3.8, 4) is 0 Å². The third-order valence-corrected chi connectivity index (χ3v) is 4.99. The molecule has 0 radical (unpaired) electrons. The second-order valence-electron chi connectivity index (χ2n) is 3.87. The van der Waals surface area contributed by atoms with Gasteiger partial charge in [0.1, 0.15) is 0 Å². The predicted molar refractivity (Wildman–Crippen MR) is 70.0 cm³/mol. The number of sulfone groups is 1. The number of hydrazine groups is 1. The third-order valence-electron chi connectivity index (χ3n) is 2.75. The summed E-state index contributed by atoms with van der Waals surface area (Å²) in [6.45, 7) is 4.20. The Morgan fingerprint density at radius 1 is 1.65 bits per heavy atom. The first-order valence-electron chi connectivity index (χ1n) is 5.19. The van der Waals surface area contributed by atoms with Gasteiger partial charge in [-0.05, 0) is 29.8 Å². The standard InChI is InChI=1S/C9H17BrN4O2S/c1-4-14-9(7(10)5-12-14)8(13-11)6(2)17(3,15)16/h5-6,8,13H,4,11H2,1-3H3. The Morgan fingerprint density at radius 3 is 2.65 bits per heavy atom. The van der Waals surface area contributed by atoms with Crippen LogP contribution in [0.2, 0.25) is 0 Å². The van der Waals surface area contributed by atoms with Crippen LogP contribution in [0.25, 0.3) is 0 Å². The molecule has 6 nitrogen and oxygen atoms in total. The van der Waals surface area contributed by atoms with Crippen molar-refractivity contribution in [3.63, 3.8) is 0 Å². The van der Waals surface area contributed by atoms with Gasteiger partial charge in [-0.15, -0.1) is 0 Å². The van der Waals surface area contributed by atoms with Crippen molar-refractivity contribution in [2.75, 3.05) is 6.26 Å². The summed E-state index contributed by atoms with van der Waals surface area (Å²) >= 11 is 3.36. The molecule has 2 atom stereocenters. The molecular weight excluding hydrogens is 308 g/mol. The monoisotopic (exact) mass is 324 g/mol. The molecule has 1 rings (SSSR count). The van der Waals surface area contributed by atoms with Crippen LogP contribution in [0.5, 0.6) is 0 Å². The van der Waals surface area contributed by atoms with E-state index in [1.807, 2.05) is 6.92 Å². The zero-order valence-corrected chi connectivity index (χ0v) is 12.4. The van der Waals surface area contributed by atoms with E-state index >= 15 is 0 Å². The van der Waals surface area contributed by atoms with Gasteiger partial charge in [-0.25, -0.2) is 8.42 Å². The fourth-order valence-corrected chi connectivity index (χ4v) is 2.86. The molecule has 17 heavy (non-hydrogen) atoms. The minimum absolute atomic E-state index is 0.498. The maximum atomic E-state index is 11.6. The second kappa shape index (κ2) is 5.47. The lowest BCUT2D eigenvalue weighted by atomic mass is 10.1. The summed E-state index contributed by atoms with van der Waals surface area (Å²) in [4.78, 5) is 0. The van der Waals surface area contributed by atoms with Gasteiger partial charge < -0.3 is 0 Å². The van der Waals surface area contributed by atoms with Crippen molar-refractivity contribution in [1.82, 2.24) is 15.2 Å². The van der Waals surface area contributed by atoms with Crippen molar-refractivity contribution in [3.05, 3.63) is 16.4 Å². The molecule has 0 spiro atoms. The van der Waals surface area contributed by atoms with Gasteiger partial charge in [0.05, 0.1) is 27.7 Å². The lowest BCUT2D eigenvalue weighted by Gasteiger charge is -2.23. The molecule has 8 heteroatoms. The Labute approximate surface area is 110 Å². The summed E-state index contributed by atoms with van der Waals surface area (Å²) in [5.41, 5.74) is 3.30. The zero-order chi connectivity index (χ0) is 13.2. The van der Waals surface area contributed by atoms with E-state index in [9.17, 15) is 8.42 Å². The molecule has 3 N–H and O–H groups in total. The van der Waals surface area contributed by atoms with Crippen LogP contribution in [-0.4, -0.2) is 29.7 Å². The lowest BCUT2D eigenvalue weighted by molar-refractivity contribution is 0.470. The Hall–Kier alpha value is -0.440. The first-order valence-corrected chi connectivity index (χ1v) is 7.93. The van der Waals surface area contributed by atoms with E-state index < -0.39 is 21.1 Å². The summed E-state index contributed by atoms with van der Waals surface area (Å²) in [6, 6.07) is -0.498. The van der Waals surface area contributed by atoms with Crippen molar-refractivity contribution in [1.29, 1.82) is 0 Å². The molecule has 0 aliphatic heterocycles. The van der Waals surface area contributed by atoms with Crippen LogP contribution in [0.3, 0.4) is 0 Å². The van der Waals surface area contributed by atoms with E-state index in [4.69, 9.17) is 5.84 Å². The van der Waals surface area contributed by atoms with Crippen LogP contribution in [0.1, 0.15) is 25.6 Å². The van der Waals surface area contributed by atoms with Crippen molar-refractivity contribution in [2.45, 2.75) is 31.7 Å². The Morgan fingerprint density at radius 2 is 2.24 bits per heavy atom. The van der Waals surface area contributed by atoms with Crippen LogP contribution in [0.4, 0.5) is 0 Å². The highest BCUT2D eigenvalue weighted by atomic mass is 79.9. The Bertz CT molecular complexity index is 485. The molecule has 98 valence electrons. The normalized spacial score (nSPS) is 15.8. The molecule has 0 fully saturated rings. The molecule has 0 aliphatic rings. The summed E-state index contributed by atoms with van der Waals surface area (Å²) in [7, 11) is -3.19. The molecule has 0 amide bonds. The average Bonchev–Trinajstić information content (AvgIpc) is 2.60. The Balaban J connectivity index is 3.22. The maximum absolute atomic E-state index is 11.6. The largest absolute Gasteiger partial charge is 0.271 e. The fourth-order valence-electron chi connectivity index (χ4n) is 1.62. The number of hydrogen-bond acceptors (Lipinski definition) is 5. The quantitative estimate of drug-likeness (QED) is 0.611. The minimum Gasteiger partial charge on any atom is -0.271 e. The molecule has 0 aromatic carbocycles. The average molecular weight is 325 g/mol. The van der Waals surface area contributed by atoms with E-state index in [0.717, 1.165) is 10.2 Å². The number of rotatable bonds is 5. The van der Waals surface area contributed by atoms with Gasteiger partial charge in [-0.2, -0.15) is 5.10 Å². The van der Waals surface area contributed by atoms with Crippen molar-refractivity contribution < 1.29 is 8.42 Å². The van der Waals surface area contributed by atoms with Crippen LogP contribution < -0.4 is 11.3 Å². The molecular formula is C9H17BrN4O2S. The molecule has 0 saturated heterocycles. The van der Waals surface area contributed by atoms with Gasteiger partial charge in [0, 0.05) is 12.8 Å². The summed E-state index contributed by atoms with van der Waals surface area (Å²) in [6.07, 6.45) is 2.83. The van der Waals surface area contributed by atoms with E-state index in [1.165, 1.54) is 6.26 Å². The van der Waals surface area contributed by atoms with E-state index in [2.05, 4.69) is 26.5 Å². The van der Waals surface area contributed by atoms with Crippen LogP contribution in [-0.2, 0) is 16.4 Å². The van der Waals surface area contributed by atoms with Crippen molar-refractivity contribution >= 4 is 25.8 Å². The highest BCUT2D eigenvalue weighted by Crippen LogP contribution is 2.27. The molecule has 1 aromatic heterocycles. The highest BCUT2D eigenvalue weighted by Gasteiger charge is 2.30. The van der Waals surface area contributed by atoms with Gasteiger partial charge in [-0.3, -0.25) is 16.0 Å². The van der Waals surface area contributed by atoms with Gasteiger partial charge >= 0.3 is 0 Å². The summed E-state index contributed by atoms with van der Waals surface area (Å²) in [5.74, 6) is 5.48. The molecule has 1 heterocycles. The number of nitrogens with one attached hydrogen (secondary N) is 1. The van der Waals surface area contributed by atoms with Crippen molar-refractivity contribution in [2.24, 2.45) is 5.84 Å². The molecule has 0 saturated carbocycles. The topological polar surface area (TPSA) is 90.0 Å². The van der Waals surface area contributed by atoms with Gasteiger partial charge in [-0.1, -0.05) is 0 Å². The number of nitrogens with zero attached hydrogens (tertiary/aromatic N) is 2.